The van der Waals surface area contributed by atoms with Crippen LogP contribution in [0.4, 0.5) is 10.1 Å². The van der Waals surface area contributed by atoms with E-state index in [1.165, 1.54) is 6.07 Å². The Hall–Kier alpha value is -1.31. The van der Waals surface area contributed by atoms with E-state index in [2.05, 4.69) is 9.80 Å². The van der Waals surface area contributed by atoms with E-state index in [9.17, 15) is 14.3 Å². The molecule has 0 saturated carbocycles. The van der Waals surface area contributed by atoms with Crippen LogP contribution in [0, 0.1) is 5.82 Å². The van der Waals surface area contributed by atoms with Crippen LogP contribution in [-0.4, -0.2) is 84.2 Å². The largest absolute Gasteiger partial charge is 0.390 e. The highest BCUT2D eigenvalue weighted by Gasteiger charge is 2.35. The second-order valence-electron chi connectivity index (χ2n) is 6.98. The number of aliphatic hydroxyl groups excluding tert-OH is 1. The van der Waals surface area contributed by atoms with Crippen molar-refractivity contribution in [1.82, 2.24) is 9.80 Å². The Bertz CT molecular complexity index is 610. The van der Waals surface area contributed by atoms with Gasteiger partial charge in [0.05, 0.1) is 11.8 Å². The first-order valence-corrected chi connectivity index (χ1v) is 10.7. The summed E-state index contributed by atoms with van der Waals surface area (Å²) in [5, 5.41) is 10.6. The summed E-state index contributed by atoms with van der Waals surface area (Å²) in [6.07, 6.45) is 2.82. The molecule has 0 unspecified atom stereocenters. The number of hydrogen-bond donors (Lipinski definition) is 1. The third kappa shape index (κ3) is 4.50. The number of aliphatic hydroxyl groups is 1. The molecule has 7 heteroatoms. The molecular formula is C19H28FN3O2S. The van der Waals surface area contributed by atoms with Gasteiger partial charge in [-0.2, -0.15) is 11.8 Å². The fraction of sp³-hybridized carbons (Fsp3) is 0.632. The second-order valence-corrected chi connectivity index (χ2v) is 7.97. The van der Waals surface area contributed by atoms with E-state index in [0.717, 1.165) is 38.4 Å². The number of β-amino-alcohol motifs (C(OH)–C–C–N with tert-alkyl or cyclic N) is 1. The summed E-state index contributed by atoms with van der Waals surface area (Å²) >= 11 is 1.67. The molecule has 1 N–H and O–H groups in total. The number of amides is 1. The van der Waals surface area contributed by atoms with Gasteiger partial charge in [-0.3, -0.25) is 9.69 Å². The molecule has 0 bridgehead atoms. The predicted octanol–water partition coefficient (Wildman–Crippen LogP) is 1.66. The number of carbonyl (C=O) groups is 1. The first kappa shape index (κ1) is 19.5. The van der Waals surface area contributed by atoms with E-state index >= 15 is 0 Å². The van der Waals surface area contributed by atoms with Gasteiger partial charge < -0.3 is 14.9 Å². The zero-order valence-electron chi connectivity index (χ0n) is 15.3. The fourth-order valence-corrected chi connectivity index (χ4v) is 4.30. The smallest absolute Gasteiger partial charge is 0.223 e. The Labute approximate surface area is 159 Å². The molecule has 2 aliphatic rings. The quantitative estimate of drug-likeness (QED) is 0.841. The van der Waals surface area contributed by atoms with Gasteiger partial charge in [0, 0.05) is 57.5 Å². The first-order chi connectivity index (χ1) is 12.6. The van der Waals surface area contributed by atoms with Crippen molar-refractivity contribution in [3.05, 3.63) is 30.1 Å². The van der Waals surface area contributed by atoms with Crippen molar-refractivity contribution in [2.75, 3.05) is 56.2 Å². The zero-order valence-corrected chi connectivity index (χ0v) is 16.1. The molecule has 2 aliphatic heterocycles. The van der Waals surface area contributed by atoms with Crippen LogP contribution in [-0.2, 0) is 4.79 Å². The van der Waals surface area contributed by atoms with Gasteiger partial charge in [-0.1, -0.05) is 12.1 Å². The minimum atomic E-state index is -0.512. The van der Waals surface area contributed by atoms with E-state index in [1.54, 1.807) is 22.7 Å². The summed E-state index contributed by atoms with van der Waals surface area (Å²) in [5.41, 5.74) is 0.655. The van der Waals surface area contributed by atoms with Gasteiger partial charge in [0.25, 0.3) is 0 Å². The minimum absolute atomic E-state index is 0.0855. The summed E-state index contributed by atoms with van der Waals surface area (Å²) in [5.74, 6) is 0.784. The summed E-state index contributed by atoms with van der Waals surface area (Å²) in [7, 11) is 0. The summed E-state index contributed by atoms with van der Waals surface area (Å²) < 4.78 is 14.0. The second kappa shape index (κ2) is 9.06. The van der Waals surface area contributed by atoms with Gasteiger partial charge in [-0.25, -0.2) is 4.39 Å². The molecule has 2 saturated heterocycles. The maximum atomic E-state index is 14.0. The monoisotopic (exact) mass is 381 g/mol. The summed E-state index contributed by atoms with van der Waals surface area (Å²) in [6, 6.07) is 6.97. The van der Waals surface area contributed by atoms with Crippen molar-refractivity contribution in [3.8, 4) is 0 Å². The Morgan fingerprint density at radius 3 is 2.62 bits per heavy atom. The van der Waals surface area contributed by atoms with Gasteiger partial charge in [-0.05, 0) is 24.8 Å². The third-order valence-corrected chi connectivity index (χ3v) is 6.01. The van der Waals surface area contributed by atoms with Crippen LogP contribution in [0.25, 0.3) is 0 Å². The lowest BCUT2D eigenvalue weighted by atomic mass is 9.99. The number of hydrogen-bond acceptors (Lipinski definition) is 5. The van der Waals surface area contributed by atoms with Crippen LogP contribution in [0.1, 0.15) is 12.8 Å². The molecule has 2 fully saturated rings. The van der Waals surface area contributed by atoms with Crippen LogP contribution in [0.3, 0.4) is 0 Å². The molecular weight excluding hydrogens is 353 g/mol. The molecule has 0 spiro atoms. The Morgan fingerprint density at radius 1 is 1.23 bits per heavy atom. The van der Waals surface area contributed by atoms with E-state index in [0.29, 0.717) is 25.2 Å². The molecule has 0 aromatic heterocycles. The molecule has 1 amide bonds. The summed E-state index contributed by atoms with van der Waals surface area (Å²) in [6.45, 7) is 4.24. The molecule has 1 aromatic carbocycles. The molecule has 5 nitrogen and oxygen atoms in total. The standard InChI is InChI=1S/C19H28FN3O2S/c1-26-13-7-19(25)23-8-6-17(18(24)14-23)22-11-9-21(10-12-22)16-5-3-2-4-15(16)20/h2-5,17-18,24H,6-14H2,1H3/t17-,18-/m1/s1. The third-order valence-electron chi connectivity index (χ3n) is 5.40. The number of halogens is 1. The number of nitrogens with zero attached hydrogens (tertiary/aromatic N) is 3. The summed E-state index contributed by atoms with van der Waals surface area (Å²) in [4.78, 5) is 18.3. The number of carbonyl (C=O) groups excluding carboxylic acids is 1. The van der Waals surface area contributed by atoms with Crippen LogP contribution >= 0.6 is 11.8 Å². The molecule has 1 aromatic rings. The number of rotatable bonds is 5. The number of piperazine rings is 1. The first-order valence-electron chi connectivity index (χ1n) is 9.28. The van der Waals surface area contributed by atoms with E-state index in [4.69, 9.17) is 0 Å². The highest BCUT2D eigenvalue weighted by atomic mass is 32.2. The Morgan fingerprint density at radius 2 is 1.96 bits per heavy atom. The maximum absolute atomic E-state index is 14.0. The van der Waals surface area contributed by atoms with Crippen molar-refractivity contribution < 1.29 is 14.3 Å². The molecule has 144 valence electrons. The van der Waals surface area contributed by atoms with Gasteiger partial charge in [0.2, 0.25) is 5.91 Å². The van der Waals surface area contributed by atoms with Crippen molar-refractivity contribution in [3.63, 3.8) is 0 Å². The van der Waals surface area contributed by atoms with Crippen molar-refractivity contribution in [2.45, 2.75) is 25.0 Å². The van der Waals surface area contributed by atoms with Crippen LogP contribution in [0.2, 0.25) is 0 Å². The van der Waals surface area contributed by atoms with E-state index < -0.39 is 6.10 Å². The van der Waals surface area contributed by atoms with Gasteiger partial charge in [0.1, 0.15) is 5.82 Å². The van der Waals surface area contributed by atoms with E-state index in [-0.39, 0.29) is 17.8 Å². The van der Waals surface area contributed by atoms with Crippen molar-refractivity contribution in [2.24, 2.45) is 0 Å². The number of anilines is 1. The lowest BCUT2D eigenvalue weighted by molar-refractivity contribution is -0.135. The number of benzene rings is 1. The Kier molecular flexibility index (Phi) is 6.78. The maximum Gasteiger partial charge on any atom is 0.223 e. The fourth-order valence-electron chi connectivity index (χ4n) is 3.92. The van der Waals surface area contributed by atoms with Crippen molar-refractivity contribution in [1.29, 1.82) is 0 Å². The van der Waals surface area contributed by atoms with Gasteiger partial charge >= 0.3 is 0 Å². The normalized spacial score (nSPS) is 24.7. The average molecular weight is 382 g/mol. The molecule has 26 heavy (non-hydrogen) atoms. The van der Waals surface area contributed by atoms with E-state index in [1.807, 2.05) is 18.4 Å². The van der Waals surface area contributed by atoms with Crippen molar-refractivity contribution >= 4 is 23.4 Å². The lowest BCUT2D eigenvalue weighted by Gasteiger charge is -2.45. The predicted molar refractivity (Wildman–Crippen MR) is 104 cm³/mol. The SMILES string of the molecule is CSCCC(=O)N1CC[C@@H](N2CCN(c3ccccc3F)CC2)[C@H](O)C1. The minimum Gasteiger partial charge on any atom is -0.390 e. The number of piperidine rings is 1. The number of thioether (sulfide) groups is 1. The molecule has 0 aliphatic carbocycles. The number of likely N-dealkylation sites (tertiary alicyclic amines) is 1. The molecule has 0 radical (unpaired) electrons. The van der Waals surface area contributed by atoms with Gasteiger partial charge in [0.15, 0.2) is 0 Å². The lowest BCUT2D eigenvalue weighted by Crippen LogP contribution is -2.59. The average Bonchev–Trinajstić information content (AvgIpc) is 2.66. The molecule has 3 rings (SSSR count). The van der Waals surface area contributed by atoms with Crippen LogP contribution in [0.5, 0.6) is 0 Å². The topological polar surface area (TPSA) is 47.0 Å². The molecule has 2 atom stereocenters. The Balaban J connectivity index is 1.51. The highest BCUT2D eigenvalue weighted by molar-refractivity contribution is 7.98. The number of para-hydroxylation sites is 1. The zero-order chi connectivity index (χ0) is 18.5. The van der Waals surface area contributed by atoms with Crippen LogP contribution in [0.15, 0.2) is 24.3 Å². The van der Waals surface area contributed by atoms with Gasteiger partial charge in [-0.15, -0.1) is 0 Å². The van der Waals surface area contributed by atoms with Crippen LogP contribution < -0.4 is 4.90 Å². The molecule has 2 heterocycles. The highest BCUT2D eigenvalue weighted by Crippen LogP contribution is 2.24.